The molecule has 0 saturated carbocycles. The minimum absolute atomic E-state index is 0.0715. The Labute approximate surface area is 89.5 Å². The van der Waals surface area contributed by atoms with Crippen LogP contribution in [0.4, 0.5) is 0 Å². The van der Waals surface area contributed by atoms with E-state index in [0.29, 0.717) is 15.5 Å². The summed E-state index contributed by atoms with van der Waals surface area (Å²) in [6.07, 6.45) is 1.12. The van der Waals surface area contributed by atoms with Crippen LogP contribution in [0, 0.1) is 0 Å². The first kappa shape index (κ1) is 9.82. The van der Waals surface area contributed by atoms with Gasteiger partial charge in [0.15, 0.2) is 0 Å². The van der Waals surface area contributed by atoms with E-state index in [-0.39, 0.29) is 4.34 Å². The average molecular weight is 249 g/mol. The monoisotopic (exact) mass is 248 g/mol. The van der Waals surface area contributed by atoms with Crippen LogP contribution in [0.1, 0.15) is 0 Å². The summed E-state index contributed by atoms with van der Waals surface area (Å²) in [6.45, 7) is 0. The molecule has 2 aromatic rings. The van der Waals surface area contributed by atoms with Gasteiger partial charge in [0.05, 0.1) is 0 Å². The topological polar surface area (TPSA) is 59.9 Å². The van der Waals surface area contributed by atoms with E-state index >= 15 is 0 Å². The van der Waals surface area contributed by atoms with Crippen molar-refractivity contribution in [2.75, 3.05) is 6.26 Å². The second kappa shape index (κ2) is 3.15. The van der Waals surface area contributed by atoms with Gasteiger partial charge in [-0.1, -0.05) is 22.9 Å². The lowest BCUT2D eigenvalue weighted by Gasteiger charge is -1.85. The standard InChI is InChI=1S/C7H5ClN2O2S2/c1-14(11,12)7-9-4-2-3-5(8)10-6(4)13-7/h2-3H,1H3. The zero-order chi connectivity index (χ0) is 10.3. The summed E-state index contributed by atoms with van der Waals surface area (Å²) in [5.74, 6) is 0. The number of thiazole rings is 1. The number of fused-ring (bicyclic) bond motifs is 1. The number of rotatable bonds is 1. The molecule has 0 aliphatic carbocycles. The lowest BCUT2D eigenvalue weighted by molar-refractivity contribution is 0.601. The predicted octanol–water partition coefficient (Wildman–Crippen LogP) is 1.75. The molecule has 74 valence electrons. The Bertz CT molecular complexity index is 591. The van der Waals surface area contributed by atoms with Crippen LogP contribution in [0.5, 0.6) is 0 Å². The molecule has 0 fully saturated rings. The third kappa shape index (κ3) is 1.73. The Kier molecular flexibility index (Phi) is 2.21. The summed E-state index contributed by atoms with van der Waals surface area (Å²) in [4.78, 5) is 8.44. The maximum atomic E-state index is 11.2. The molecule has 14 heavy (non-hydrogen) atoms. The molecule has 0 radical (unpaired) electrons. The van der Waals surface area contributed by atoms with Crippen molar-refractivity contribution < 1.29 is 8.42 Å². The van der Waals surface area contributed by atoms with Crippen molar-refractivity contribution in [1.82, 2.24) is 9.97 Å². The maximum absolute atomic E-state index is 11.2. The van der Waals surface area contributed by atoms with Crippen molar-refractivity contribution in [2.45, 2.75) is 4.34 Å². The number of aromatic nitrogens is 2. The summed E-state index contributed by atoms with van der Waals surface area (Å²) < 4.78 is 22.4. The van der Waals surface area contributed by atoms with Crippen LogP contribution in [-0.4, -0.2) is 24.6 Å². The number of halogens is 1. The molecule has 4 nitrogen and oxygen atoms in total. The summed E-state index contributed by atoms with van der Waals surface area (Å²) in [6, 6.07) is 3.23. The van der Waals surface area contributed by atoms with E-state index < -0.39 is 9.84 Å². The highest BCUT2D eigenvalue weighted by molar-refractivity contribution is 7.92. The van der Waals surface area contributed by atoms with Gasteiger partial charge < -0.3 is 0 Å². The lowest BCUT2D eigenvalue weighted by atomic mass is 10.5. The van der Waals surface area contributed by atoms with Crippen molar-refractivity contribution in [2.24, 2.45) is 0 Å². The lowest BCUT2D eigenvalue weighted by Crippen LogP contribution is -1.94. The molecule has 0 spiro atoms. The first-order valence-electron chi connectivity index (χ1n) is 3.60. The SMILES string of the molecule is CS(=O)(=O)c1nc2ccc(Cl)nc2s1. The Morgan fingerprint density at radius 2 is 2.07 bits per heavy atom. The zero-order valence-electron chi connectivity index (χ0n) is 7.06. The van der Waals surface area contributed by atoms with Gasteiger partial charge in [-0.25, -0.2) is 18.4 Å². The van der Waals surface area contributed by atoms with Gasteiger partial charge in [-0.3, -0.25) is 0 Å². The Hall–Kier alpha value is -0.720. The third-order valence-corrected chi connectivity index (χ3v) is 4.37. The third-order valence-electron chi connectivity index (χ3n) is 1.52. The minimum atomic E-state index is -3.25. The van der Waals surface area contributed by atoms with Gasteiger partial charge in [-0.05, 0) is 12.1 Å². The number of pyridine rings is 1. The largest absolute Gasteiger partial charge is 0.223 e. The molecule has 0 amide bonds. The molecular weight excluding hydrogens is 244 g/mol. The maximum Gasteiger partial charge on any atom is 0.211 e. The number of sulfone groups is 1. The molecule has 0 unspecified atom stereocenters. The number of nitrogens with zero attached hydrogens (tertiary/aromatic N) is 2. The summed E-state index contributed by atoms with van der Waals surface area (Å²) in [7, 11) is -3.25. The van der Waals surface area contributed by atoms with Gasteiger partial charge >= 0.3 is 0 Å². The smallest absolute Gasteiger partial charge is 0.211 e. The van der Waals surface area contributed by atoms with Crippen LogP contribution in [-0.2, 0) is 9.84 Å². The van der Waals surface area contributed by atoms with Crippen LogP contribution in [0.15, 0.2) is 16.5 Å². The van der Waals surface area contributed by atoms with E-state index in [1.54, 1.807) is 12.1 Å². The van der Waals surface area contributed by atoms with Gasteiger partial charge in [0, 0.05) is 6.26 Å². The fraction of sp³-hybridized carbons (Fsp3) is 0.143. The normalized spacial score (nSPS) is 12.1. The van der Waals surface area contributed by atoms with E-state index in [2.05, 4.69) is 9.97 Å². The molecule has 0 saturated heterocycles. The summed E-state index contributed by atoms with van der Waals surface area (Å²) in [5.41, 5.74) is 0.555. The van der Waals surface area contributed by atoms with Crippen molar-refractivity contribution in [3.05, 3.63) is 17.3 Å². The van der Waals surface area contributed by atoms with Crippen LogP contribution >= 0.6 is 22.9 Å². The summed E-state index contributed by atoms with van der Waals surface area (Å²) >= 11 is 6.68. The Morgan fingerprint density at radius 3 is 2.71 bits per heavy atom. The van der Waals surface area contributed by atoms with Crippen LogP contribution < -0.4 is 0 Å². The van der Waals surface area contributed by atoms with Crippen LogP contribution in [0.25, 0.3) is 10.3 Å². The Balaban J connectivity index is 2.75. The van der Waals surface area contributed by atoms with Crippen molar-refractivity contribution >= 4 is 43.1 Å². The van der Waals surface area contributed by atoms with Crippen molar-refractivity contribution in [1.29, 1.82) is 0 Å². The molecule has 2 heterocycles. The highest BCUT2D eigenvalue weighted by Crippen LogP contribution is 2.24. The van der Waals surface area contributed by atoms with Crippen molar-refractivity contribution in [3.63, 3.8) is 0 Å². The molecule has 0 atom stereocenters. The first-order valence-corrected chi connectivity index (χ1v) is 6.68. The number of hydrogen-bond acceptors (Lipinski definition) is 5. The molecular formula is C7H5ClN2O2S2. The number of hydrogen-bond donors (Lipinski definition) is 0. The zero-order valence-corrected chi connectivity index (χ0v) is 9.45. The van der Waals surface area contributed by atoms with E-state index in [0.717, 1.165) is 17.6 Å². The fourth-order valence-corrected chi connectivity index (χ4v) is 2.91. The molecule has 2 aromatic heterocycles. The fourth-order valence-electron chi connectivity index (χ4n) is 0.933. The molecule has 2 rings (SSSR count). The molecule has 0 N–H and O–H groups in total. The van der Waals surface area contributed by atoms with Gasteiger partial charge in [-0.2, -0.15) is 0 Å². The highest BCUT2D eigenvalue weighted by Gasteiger charge is 2.14. The second-order valence-electron chi connectivity index (χ2n) is 2.71. The van der Waals surface area contributed by atoms with Gasteiger partial charge in [-0.15, -0.1) is 0 Å². The second-order valence-corrected chi connectivity index (χ2v) is 6.26. The summed E-state index contributed by atoms with van der Waals surface area (Å²) in [5, 5.41) is 0.334. The Morgan fingerprint density at radius 1 is 1.36 bits per heavy atom. The van der Waals surface area contributed by atoms with Crippen LogP contribution in [0.2, 0.25) is 5.15 Å². The first-order chi connectivity index (χ1) is 6.47. The average Bonchev–Trinajstić information content (AvgIpc) is 2.45. The van der Waals surface area contributed by atoms with E-state index in [9.17, 15) is 8.42 Å². The van der Waals surface area contributed by atoms with Gasteiger partial charge in [0.1, 0.15) is 15.5 Å². The predicted molar refractivity (Wildman–Crippen MR) is 55.5 cm³/mol. The van der Waals surface area contributed by atoms with E-state index in [1.165, 1.54) is 0 Å². The quantitative estimate of drug-likeness (QED) is 0.722. The van der Waals surface area contributed by atoms with Crippen LogP contribution in [0.3, 0.4) is 0 Å². The van der Waals surface area contributed by atoms with E-state index in [4.69, 9.17) is 11.6 Å². The van der Waals surface area contributed by atoms with Gasteiger partial charge in [0.2, 0.25) is 14.2 Å². The molecule has 0 bridgehead atoms. The molecule has 0 aliphatic heterocycles. The molecule has 7 heteroatoms. The molecule has 0 aliphatic rings. The van der Waals surface area contributed by atoms with Gasteiger partial charge in [0.25, 0.3) is 0 Å². The minimum Gasteiger partial charge on any atom is -0.223 e. The highest BCUT2D eigenvalue weighted by atomic mass is 35.5. The molecule has 0 aromatic carbocycles. The van der Waals surface area contributed by atoms with E-state index in [1.807, 2.05) is 0 Å². The van der Waals surface area contributed by atoms with Crippen molar-refractivity contribution in [3.8, 4) is 0 Å².